The van der Waals surface area contributed by atoms with Crippen LogP contribution < -0.4 is 20.1 Å². The summed E-state index contributed by atoms with van der Waals surface area (Å²) in [4.78, 5) is 32.1. The Morgan fingerprint density at radius 2 is 1.88 bits per heavy atom. The van der Waals surface area contributed by atoms with Gasteiger partial charge >= 0.3 is 6.03 Å². The van der Waals surface area contributed by atoms with E-state index in [0.717, 1.165) is 18.5 Å². The number of likely N-dealkylation sites (tertiary alicyclic amines) is 1. The molecular formula is C32H37N5O5. The molecular weight excluding hydrogens is 534 g/mol. The minimum Gasteiger partial charge on any atom is -0.487 e. The number of carbonyl (C=O) groups excluding carboxylic acids is 2. The van der Waals surface area contributed by atoms with E-state index in [9.17, 15) is 9.59 Å². The van der Waals surface area contributed by atoms with E-state index in [1.807, 2.05) is 43.3 Å². The minimum absolute atomic E-state index is 0.252. The van der Waals surface area contributed by atoms with Gasteiger partial charge in [0.2, 0.25) is 0 Å². The molecule has 2 amide bonds. The highest BCUT2D eigenvalue weighted by Crippen LogP contribution is 2.36. The van der Waals surface area contributed by atoms with Crippen LogP contribution in [0.15, 0.2) is 67.0 Å². The Morgan fingerprint density at radius 3 is 2.62 bits per heavy atom. The Balaban J connectivity index is 1.30. The third kappa shape index (κ3) is 6.89. The molecule has 0 radical (unpaired) electrons. The molecule has 42 heavy (non-hydrogen) atoms. The monoisotopic (exact) mass is 571 g/mol. The molecule has 220 valence electrons. The summed E-state index contributed by atoms with van der Waals surface area (Å²) in [7, 11) is 1.58. The molecule has 0 bridgehead atoms. The molecule has 2 aromatic carbocycles. The van der Waals surface area contributed by atoms with Gasteiger partial charge in [0.15, 0.2) is 11.5 Å². The lowest BCUT2D eigenvalue weighted by Crippen LogP contribution is -2.26. The second-order valence-electron chi connectivity index (χ2n) is 10.2. The van der Waals surface area contributed by atoms with E-state index in [-0.39, 0.29) is 11.9 Å². The fourth-order valence-electron chi connectivity index (χ4n) is 5.07. The van der Waals surface area contributed by atoms with Crippen molar-refractivity contribution in [1.29, 1.82) is 0 Å². The second kappa shape index (κ2) is 13.5. The van der Waals surface area contributed by atoms with Crippen molar-refractivity contribution in [3.63, 3.8) is 0 Å². The topological polar surface area (TPSA) is 107 Å². The summed E-state index contributed by atoms with van der Waals surface area (Å²) in [5.41, 5.74) is 2.42. The van der Waals surface area contributed by atoms with Gasteiger partial charge in [0.1, 0.15) is 18.2 Å². The Kier molecular flexibility index (Phi) is 9.35. The van der Waals surface area contributed by atoms with E-state index in [1.54, 1.807) is 37.6 Å². The van der Waals surface area contributed by atoms with Gasteiger partial charge in [0, 0.05) is 61.7 Å². The van der Waals surface area contributed by atoms with Crippen molar-refractivity contribution >= 4 is 28.7 Å². The lowest BCUT2D eigenvalue weighted by atomic mass is 10.1. The first-order valence-corrected chi connectivity index (χ1v) is 14.3. The molecule has 0 saturated carbocycles. The Morgan fingerprint density at radius 1 is 1.05 bits per heavy atom. The maximum atomic E-state index is 13.0. The summed E-state index contributed by atoms with van der Waals surface area (Å²) in [5.74, 6) is 1.49. The predicted molar refractivity (Wildman–Crippen MR) is 162 cm³/mol. The zero-order chi connectivity index (χ0) is 29.5. The largest absolute Gasteiger partial charge is 0.487 e. The van der Waals surface area contributed by atoms with E-state index < -0.39 is 0 Å². The number of aromatic nitrogens is 2. The standard InChI is InChI=1S/C32H37N5O5/c1-4-40-16-17-41-28-20-27-25(12-15-37(27)32(39)33-3)18-29(28)42-26-11-13-34-30(19-26)35-31(38)24-9-7-23(8-10-24)21-36-14-5-6-22(36)2/h7-13,15,18-20,22H,4-6,14,16-17,21H2,1-3H3,(H,33,39)(H,34,35,38)/t22-/m0/s1. The maximum absolute atomic E-state index is 13.0. The van der Waals surface area contributed by atoms with Crippen LogP contribution in [0.3, 0.4) is 0 Å². The van der Waals surface area contributed by atoms with Gasteiger partial charge in [-0.25, -0.2) is 9.78 Å². The molecule has 2 N–H and O–H groups in total. The fraction of sp³-hybridized carbons (Fsp3) is 0.344. The number of hydrogen-bond donors (Lipinski definition) is 2. The van der Waals surface area contributed by atoms with Gasteiger partial charge in [0.25, 0.3) is 5.91 Å². The lowest BCUT2D eigenvalue weighted by Gasteiger charge is -2.20. The number of benzene rings is 2. The molecule has 0 aliphatic carbocycles. The third-order valence-electron chi connectivity index (χ3n) is 7.37. The molecule has 0 unspecified atom stereocenters. The Bertz CT molecular complexity index is 1530. The maximum Gasteiger partial charge on any atom is 0.325 e. The number of fused-ring (bicyclic) bond motifs is 1. The number of nitrogens with one attached hydrogen (secondary N) is 2. The zero-order valence-electron chi connectivity index (χ0n) is 24.3. The van der Waals surface area contributed by atoms with E-state index in [0.29, 0.717) is 60.0 Å². The van der Waals surface area contributed by atoms with Gasteiger partial charge in [-0.3, -0.25) is 14.3 Å². The summed E-state index contributed by atoms with van der Waals surface area (Å²) in [6.45, 7) is 7.49. The van der Waals surface area contributed by atoms with Crippen LogP contribution in [-0.2, 0) is 11.3 Å². The van der Waals surface area contributed by atoms with E-state index in [1.165, 1.54) is 23.0 Å². The molecule has 5 rings (SSSR count). The van der Waals surface area contributed by atoms with Gasteiger partial charge in [-0.05, 0) is 69.1 Å². The Hall–Kier alpha value is -4.41. The second-order valence-corrected chi connectivity index (χ2v) is 10.2. The van der Waals surface area contributed by atoms with Crippen molar-refractivity contribution in [2.24, 2.45) is 0 Å². The van der Waals surface area contributed by atoms with E-state index in [2.05, 4.69) is 27.4 Å². The summed E-state index contributed by atoms with van der Waals surface area (Å²) < 4.78 is 19.1. The normalized spacial score (nSPS) is 15.1. The smallest absolute Gasteiger partial charge is 0.325 e. The summed E-state index contributed by atoms with van der Waals surface area (Å²) in [6.07, 6.45) is 5.73. The molecule has 1 saturated heterocycles. The first kappa shape index (κ1) is 29.1. The van der Waals surface area contributed by atoms with Crippen molar-refractivity contribution in [1.82, 2.24) is 19.8 Å². The van der Waals surface area contributed by atoms with Crippen molar-refractivity contribution < 1.29 is 23.8 Å². The van der Waals surface area contributed by atoms with Gasteiger partial charge in [0.05, 0.1) is 12.1 Å². The molecule has 1 aliphatic heterocycles. The number of anilines is 1. The fourth-order valence-corrected chi connectivity index (χ4v) is 5.07. The highest BCUT2D eigenvalue weighted by Gasteiger charge is 2.20. The first-order chi connectivity index (χ1) is 20.4. The van der Waals surface area contributed by atoms with Crippen LogP contribution in [0.5, 0.6) is 17.2 Å². The number of ether oxygens (including phenoxy) is 3. The average molecular weight is 572 g/mol. The van der Waals surface area contributed by atoms with Crippen molar-refractivity contribution in [3.8, 4) is 17.2 Å². The summed E-state index contributed by atoms with van der Waals surface area (Å²) in [6, 6.07) is 16.8. The third-order valence-corrected chi connectivity index (χ3v) is 7.37. The number of carbonyl (C=O) groups is 2. The summed E-state index contributed by atoms with van der Waals surface area (Å²) >= 11 is 0. The van der Waals surface area contributed by atoms with Crippen molar-refractivity contribution in [2.75, 3.05) is 38.7 Å². The van der Waals surface area contributed by atoms with Crippen molar-refractivity contribution in [3.05, 3.63) is 78.1 Å². The van der Waals surface area contributed by atoms with Crippen molar-refractivity contribution in [2.45, 2.75) is 39.3 Å². The van der Waals surface area contributed by atoms with Gasteiger partial charge < -0.3 is 24.8 Å². The number of rotatable bonds is 11. The van der Waals surface area contributed by atoms with E-state index in [4.69, 9.17) is 14.2 Å². The molecule has 1 atom stereocenters. The van der Waals surface area contributed by atoms with Gasteiger partial charge in [-0.2, -0.15) is 0 Å². The highest BCUT2D eigenvalue weighted by atomic mass is 16.5. The molecule has 2 aromatic heterocycles. The van der Waals surface area contributed by atoms with E-state index >= 15 is 0 Å². The number of nitrogens with zero attached hydrogens (tertiary/aromatic N) is 3. The molecule has 1 fully saturated rings. The van der Waals surface area contributed by atoms with Crippen LogP contribution in [0, 0.1) is 0 Å². The summed E-state index contributed by atoms with van der Waals surface area (Å²) in [5, 5.41) is 6.30. The molecule has 4 aromatic rings. The molecule has 0 spiro atoms. The quantitative estimate of drug-likeness (QED) is 0.224. The number of pyridine rings is 1. The van der Waals surface area contributed by atoms with Gasteiger partial charge in [-0.1, -0.05) is 12.1 Å². The SMILES string of the molecule is CCOCCOc1cc2c(ccn2C(=O)NC)cc1Oc1ccnc(NC(=O)c2ccc(CN3CCC[C@@H]3C)cc2)c1. The van der Waals surface area contributed by atoms with Crippen LogP contribution in [0.4, 0.5) is 10.6 Å². The highest BCUT2D eigenvalue weighted by molar-refractivity contribution is 6.03. The average Bonchev–Trinajstić information content (AvgIpc) is 3.60. The number of amides is 2. The van der Waals surface area contributed by atoms with Crippen LogP contribution >= 0.6 is 0 Å². The lowest BCUT2D eigenvalue weighted by molar-refractivity contribution is 0.102. The number of hydrogen-bond acceptors (Lipinski definition) is 7. The van der Waals surface area contributed by atoms with Crippen LogP contribution in [0.1, 0.15) is 42.6 Å². The zero-order valence-corrected chi connectivity index (χ0v) is 24.3. The predicted octanol–water partition coefficient (Wildman–Crippen LogP) is 5.67. The molecule has 3 heterocycles. The first-order valence-electron chi connectivity index (χ1n) is 14.3. The van der Waals surface area contributed by atoms with Crippen LogP contribution in [0.2, 0.25) is 0 Å². The molecule has 10 nitrogen and oxygen atoms in total. The van der Waals surface area contributed by atoms with Gasteiger partial charge in [-0.15, -0.1) is 0 Å². The van der Waals surface area contributed by atoms with Crippen LogP contribution in [0.25, 0.3) is 10.9 Å². The Labute approximate surface area is 245 Å². The minimum atomic E-state index is -0.260. The molecule has 10 heteroatoms. The molecule has 1 aliphatic rings. The van der Waals surface area contributed by atoms with Crippen LogP contribution in [-0.4, -0.2) is 65.8 Å².